The Morgan fingerprint density at radius 3 is 2.25 bits per heavy atom. The molecule has 0 unspecified atom stereocenters. The van der Waals surface area contributed by atoms with E-state index in [1.165, 1.54) is 25.7 Å². The zero-order valence-corrected chi connectivity index (χ0v) is 6.32. The molecule has 0 aromatic rings. The highest BCUT2D eigenvalue weighted by atomic mass is 32.1. The van der Waals surface area contributed by atoms with Crippen LogP contribution >= 0.6 is 12.6 Å². The van der Waals surface area contributed by atoms with Crippen molar-refractivity contribution >= 4 is 12.6 Å². The van der Waals surface area contributed by atoms with Gasteiger partial charge in [0.05, 0.1) is 0 Å². The maximum absolute atomic E-state index is 4.46. The van der Waals surface area contributed by atoms with Crippen LogP contribution in [0.25, 0.3) is 0 Å². The molecule has 0 aromatic heterocycles. The molecule has 48 valence electrons. The topological polar surface area (TPSA) is 0 Å². The lowest BCUT2D eigenvalue weighted by Gasteiger charge is -2.23. The van der Waals surface area contributed by atoms with Crippen LogP contribution in [-0.2, 0) is 0 Å². The summed E-state index contributed by atoms with van der Waals surface area (Å²) in [6, 6.07) is 0. The second-order valence-electron chi connectivity index (χ2n) is 2.83. The van der Waals surface area contributed by atoms with Gasteiger partial charge in [0.2, 0.25) is 0 Å². The van der Waals surface area contributed by atoms with Gasteiger partial charge >= 0.3 is 0 Å². The molecule has 0 nitrogen and oxygen atoms in total. The highest BCUT2D eigenvalue weighted by Gasteiger charge is 2.16. The molecule has 0 bridgehead atoms. The predicted octanol–water partition coefficient (Wildman–Crippen LogP) is 2.49. The molecule has 1 heteroatoms. The first-order valence-electron chi connectivity index (χ1n) is 3.49. The van der Waals surface area contributed by atoms with Crippen LogP contribution in [0.2, 0.25) is 0 Å². The number of thiol groups is 1. The summed E-state index contributed by atoms with van der Waals surface area (Å²) in [6.07, 6.45) is 5.56. The first-order valence-corrected chi connectivity index (χ1v) is 4.00. The highest BCUT2D eigenvalue weighted by molar-refractivity contribution is 7.81. The van der Waals surface area contributed by atoms with E-state index in [0.717, 1.165) is 5.92 Å². The SMILES string of the molecule is C[C@H]1CCCC[C@@H]1S. The van der Waals surface area contributed by atoms with Crippen molar-refractivity contribution in [2.24, 2.45) is 5.92 Å². The van der Waals surface area contributed by atoms with Gasteiger partial charge in [-0.05, 0) is 18.8 Å². The largest absolute Gasteiger partial charge is 0.176 e. The lowest BCUT2D eigenvalue weighted by Crippen LogP contribution is -2.15. The van der Waals surface area contributed by atoms with Crippen LogP contribution in [0, 0.1) is 5.92 Å². The average Bonchev–Trinajstić information content (AvgIpc) is 1.77. The summed E-state index contributed by atoms with van der Waals surface area (Å²) in [5.74, 6) is 0.868. The van der Waals surface area contributed by atoms with E-state index in [1.807, 2.05) is 0 Å². The predicted molar refractivity (Wildman–Crippen MR) is 40.4 cm³/mol. The molecule has 1 aliphatic carbocycles. The van der Waals surface area contributed by atoms with Crippen molar-refractivity contribution in [3.05, 3.63) is 0 Å². The Morgan fingerprint density at radius 1 is 1.25 bits per heavy atom. The van der Waals surface area contributed by atoms with Gasteiger partial charge in [-0.3, -0.25) is 0 Å². The van der Waals surface area contributed by atoms with Crippen molar-refractivity contribution in [2.45, 2.75) is 37.9 Å². The maximum atomic E-state index is 4.46. The van der Waals surface area contributed by atoms with Crippen molar-refractivity contribution in [3.63, 3.8) is 0 Å². The van der Waals surface area contributed by atoms with E-state index in [-0.39, 0.29) is 0 Å². The van der Waals surface area contributed by atoms with Gasteiger partial charge in [0.15, 0.2) is 0 Å². The molecule has 0 N–H and O–H groups in total. The monoisotopic (exact) mass is 130 g/mol. The molecule has 1 aliphatic rings. The Kier molecular flexibility index (Phi) is 2.24. The minimum absolute atomic E-state index is 0.698. The second-order valence-corrected chi connectivity index (χ2v) is 3.49. The third kappa shape index (κ3) is 1.41. The summed E-state index contributed by atoms with van der Waals surface area (Å²) in [5.41, 5.74) is 0. The lowest BCUT2D eigenvalue weighted by molar-refractivity contribution is 0.399. The summed E-state index contributed by atoms with van der Waals surface area (Å²) in [6.45, 7) is 2.30. The molecular weight excluding hydrogens is 116 g/mol. The third-order valence-electron chi connectivity index (χ3n) is 2.07. The second kappa shape index (κ2) is 2.77. The van der Waals surface area contributed by atoms with Crippen molar-refractivity contribution in [2.75, 3.05) is 0 Å². The van der Waals surface area contributed by atoms with E-state index < -0.39 is 0 Å². The number of hydrogen-bond donors (Lipinski definition) is 1. The first-order chi connectivity index (χ1) is 3.80. The van der Waals surface area contributed by atoms with Crippen LogP contribution in [0.15, 0.2) is 0 Å². The van der Waals surface area contributed by atoms with Gasteiger partial charge in [-0.1, -0.05) is 19.8 Å². The minimum Gasteiger partial charge on any atom is -0.176 e. The Morgan fingerprint density at radius 2 is 1.88 bits per heavy atom. The van der Waals surface area contributed by atoms with Crippen LogP contribution in [-0.4, -0.2) is 5.25 Å². The molecule has 1 saturated carbocycles. The van der Waals surface area contributed by atoms with E-state index in [0.29, 0.717) is 5.25 Å². The van der Waals surface area contributed by atoms with Crippen LogP contribution in [0.5, 0.6) is 0 Å². The Hall–Kier alpha value is 0.350. The quantitative estimate of drug-likeness (QED) is 0.478. The standard InChI is InChI=1S/C7H14S/c1-6-4-2-3-5-7(6)8/h6-8H,2-5H2,1H3/t6-,7-/m0/s1. The van der Waals surface area contributed by atoms with Gasteiger partial charge < -0.3 is 0 Å². The number of hydrogen-bond acceptors (Lipinski definition) is 1. The summed E-state index contributed by atoms with van der Waals surface area (Å²) in [4.78, 5) is 0. The smallest absolute Gasteiger partial charge is 0.00424 e. The average molecular weight is 130 g/mol. The van der Waals surface area contributed by atoms with Gasteiger partial charge in [-0.15, -0.1) is 0 Å². The molecule has 0 radical (unpaired) electrons. The van der Waals surface area contributed by atoms with Crippen LogP contribution in [0.3, 0.4) is 0 Å². The highest BCUT2D eigenvalue weighted by Crippen LogP contribution is 2.27. The summed E-state index contributed by atoms with van der Waals surface area (Å²) < 4.78 is 0. The summed E-state index contributed by atoms with van der Waals surface area (Å²) in [5, 5.41) is 0.698. The lowest BCUT2D eigenvalue weighted by atomic mass is 9.90. The van der Waals surface area contributed by atoms with Gasteiger partial charge in [0.25, 0.3) is 0 Å². The van der Waals surface area contributed by atoms with Crippen LogP contribution in [0.4, 0.5) is 0 Å². The van der Waals surface area contributed by atoms with Crippen molar-refractivity contribution in [3.8, 4) is 0 Å². The fraction of sp³-hybridized carbons (Fsp3) is 1.00. The van der Waals surface area contributed by atoms with E-state index in [2.05, 4.69) is 19.6 Å². The molecule has 0 amide bonds. The summed E-state index contributed by atoms with van der Waals surface area (Å²) >= 11 is 4.46. The summed E-state index contributed by atoms with van der Waals surface area (Å²) in [7, 11) is 0. The van der Waals surface area contributed by atoms with E-state index >= 15 is 0 Å². The van der Waals surface area contributed by atoms with Gasteiger partial charge in [-0.2, -0.15) is 12.6 Å². The molecule has 0 aliphatic heterocycles. The maximum Gasteiger partial charge on any atom is 0.00424 e. The Balaban J connectivity index is 2.28. The minimum atomic E-state index is 0.698. The van der Waals surface area contributed by atoms with Gasteiger partial charge in [-0.25, -0.2) is 0 Å². The molecule has 0 spiro atoms. The van der Waals surface area contributed by atoms with Crippen molar-refractivity contribution < 1.29 is 0 Å². The normalized spacial score (nSPS) is 39.8. The third-order valence-corrected chi connectivity index (χ3v) is 2.83. The molecule has 2 atom stereocenters. The molecule has 1 fully saturated rings. The molecule has 0 heterocycles. The van der Waals surface area contributed by atoms with Gasteiger partial charge in [0.1, 0.15) is 0 Å². The number of rotatable bonds is 0. The van der Waals surface area contributed by atoms with Crippen LogP contribution in [0.1, 0.15) is 32.6 Å². The van der Waals surface area contributed by atoms with E-state index in [9.17, 15) is 0 Å². The first kappa shape index (κ1) is 6.47. The van der Waals surface area contributed by atoms with Gasteiger partial charge in [0, 0.05) is 5.25 Å². The fourth-order valence-corrected chi connectivity index (χ4v) is 1.63. The Labute approximate surface area is 57.1 Å². The molecular formula is C7H14S. The van der Waals surface area contributed by atoms with Crippen molar-refractivity contribution in [1.82, 2.24) is 0 Å². The fourth-order valence-electron chi connectivity index (χ4n) is 1.30. The zero-order valence-electron chi connectivity index (χ0n) is 5.43. The molecule has 0 saturated heterocycles. The van der Waals surface area contributed by atoms with Crippen LogP contribution < -0.4 is 0 Å². The zero-order chi connectivity index (χ0) is 5.98. The van der Waals surface area contributed by atoms with Crippen molar-refractivity contribution in [1.29, 1.82) is 0 Å². The van der Waals surface area contributed by atoms with E-state index in [4.69, 9.17) is 0 Å². The van der Waals surface area contributed by atoms with E-state index in [1.54, 1.807) is 0 Å². The molecule has 1 rings (SSSR count). The molecule has 0 aromatic carbocycles. The molecule has 8 heavy (non-hydrogen) atoms. The Bertz CT molecular complexity index is 60.8.